The minimum Gasteiger partial charge on any atom is -0.370 e. The van der Waals surface area contributed by atoms with Crippen molar-refractivity contribution in [3.05, 3.63) is 34.2 Å². The highest BCUT2D eigenvalue weighted by atomic mass is 32.2. The number of alkyl halides is 3. The highest BCUT2D eigenvalue weighted by Gasteiger charge is 2.38. The van der Waals surface area contributed by atoms with Gasteiger partial charge in [0.1, 0.15) is 0 Å². The van der Waals surface area contributed by atoms with Gasteiger partial charge < -0.3 is 11.5 Å². The number of hydrogen-bond acceptors (Lipinski definition) is 3. The van der Waals surface area contributed by atoms with Crippen molar-refractivity contribution in [2.75, 3.05) is 0 Å². The van der Waals surface area contributed by atoms with Crippen molar-refractivity contribution >= 4 is 27.8 Å². The average molecular weight is 319 g/mol. The van der Waals surface area contributed by atoms with Gasteiger partial charge in [0, 0.05) is 5.41 Å². The molecule has 1 aromatic rings. The first-order chi connectivity index (χ1) is 9.52. The van der Waals surface area contributed by atoms with Crippen LogP contribution < -0.4 is 11.5 Å². The quantitative estimate of drug-likeness (QED) is 0.589. The minimum atomic E-state index is -4.86. The number of amides is 1. The van der Waals surface area contributed by atoms with E-state index in [9.17, 15) is 26.4 Å². The van der Waals surface area contributed by atoms with Crippen LogP contribution in [0.4, 0.5) is 13.2 Å². The van der Waals surface area contributed by atoms with E-state index in [1.807, 2.05) is 0 Å². The van der Waals surface area contributed by atoms with E-state index in [0.717, 1.165) is 11.5 Å². The molecule has 0 fully saturated rings. The van der Waals surface area contributed by atoms with Gasteiger partial charge in [-0.2, -0.15) is 18.2 Å². The fraction of sp³-hybridized carbons (Fsp3) is 0.0909. The first kappa shape index (κ1) is 15.0. The molecule has 112 valence electrons. The smallest absolute Gasteiger partial charge is 0.370 e. The molecule has 0 saturated carbocycles. The molecule has 0 unspecified atom stereocenters. The molecule has 0 spiro atoms. The van der Waals surface area contributed by atoms with Gasteiger partial charge in [0.25, 0.3) is 5.91 Å². The summed E-state index contributed by atoms with van der Waals surface area (Å²) in [6.45, 7) is 0. The molecule has 1 amide bonds. The van der Waals surface area contributed by atoms with Gasteiger partial charge in [-0.25, -0.2) is 8.42 Å². The molecule has 0 aliphatic carbocycles. The molecule has 1 heterocycles. The van der Waals surface area contributed by atoms with Gasteiger partial charge >= 0.3 is 6.18 Å². The zero-order valence-corrected chi connectivity index (χ0v) is 11.0. The molecular weight excluding hydrogens is 311 g/mol. The molecule has 1 aliphatic rings. The Labute approximate surface area is 116 Å². The summed E-state index contributed by atoms with van der Waals surface area (Å²) in [6.07, 6.45) is -3.84. The first-order valence-corrected chi connectivity index (χ1v) is 6.89. The summed E-state index contributed by atoms with van der Waals surface area (Å²) in [6, 6.07) is 1.20. The molecule has 0 radical (unpaired) electrons. The maximum atomic E-state index is 13.0. The Bertz CT molecular complexity index is 791. The molecule has 1 aliphatic heterocycles. The molecular formula is C11H8F3N3O3S. The van der Waals surface area contributed by atoms with E-state index in [-0.39, 0.29) is 5.56 Å². The lowest BCUT2D eigenvalue weighted by Gasteiger charge is -2.12. The molecule has 0 atom stereocenters. The van der Waals surface area contributed by atoms with E-state index in [1.54, 1.807) is 0 Å². The number of fused-ring (bicyclic) bond motifs is 1. The number of hydrogen-bond donors (Lipinski definition) is 2. The Morgan fingerprint density at radius 3 is 2.33 bits per heavy atom. The van der Waals surface area contributed by atoms with Crippen molar-refractivity contribution < 1.29 is 26.4 Å². The highest BCUT2D eigenvalue weighted by Crippen LogP contribution is 2.37. The molecule has 0 saturated heterocycles. The largest absolute Gasteiger partial charge is 0.417 e. The number of sulfone groups is 1. The number of benzene rings is 1. The van der Waals surface area contributed by atoms with Crippen LogP contribution in [0.15, 0.2) is 27.4 Å². The molecule has 21 heavy (non-hydrogen) atoms. The molecule has 6 nitrogen and oxygen atoms in total. The summed E-state index contributed by atoms with van der Waals surface area (Å²) in [4.78, 5) is 14.3. The fourth-order valence-electron chi connectivity index (χ4n) is 1.80. The molecule has 2 rings (SSSR count). The van der Waals surface area contributed by atoms with Crippen LogP contribution in [-0.4, -0.2) is 20.3 Å². The fourth-order valence-corrected chi connectivity index (χ4v) is 3.01. The van der Waals surface area contributed by atoms with Crippen LogP contribution in [0.25, 0.3) is 6.08 Å². The summed E-state index contributed by atoms with van der Waals surface area (Å²) in [5.41, 5.74) is 7.52. The minimum absolute atomic E-state index is 0.149. The lowest BCUT2D eigenvalue weighted by Crippen LogP contribution is -2.25. The standard InChI is InChI=1S/C11H8F3N3O3S/c12-11(13,14)7-3-5-1-2-21(19,20)8(5)4-6(7)9(18)17-10(15)16/h1-4H,(H4,15,16,17,18). The van der Waals surface area contributed by atoms with Crippen LogP contribution >= 0.6 is 0 Å². The van der Waals surface area contributed by atoms with Gasteiger partial charge in [0.05, 0.1) is 16.0 Å². The van der Waals surface area contributed by atoms with E-state index < -0.39 is 43.9 Å². The topological polar surface area (TPSA) is 116 Å². The normalized spacial score (nSPS) is 15.6. The van der Waals surface area contributed by atoms with Gasteiger partial charge in [0.2, 0.25) is 0 Å². The second kappa shape index (κ2) is 4.58. The van der Waals surface area contributed by atoms with Crippen LogP contribution in [0.3, 0.4) is 0 Å². The van der Waals surface area contributed by atoms with E-state index in [2.05, 4.69) is 4.99 Å². The second-order valence-electron chi connectivity index (χ2n) is 4.12. The van der Waals surface area contributed by atoms with Crippen LogP contribution in [0.1, 0.15) is 21.5 Å². The van der Waals surface area contributed by atoms with Gasteiger partial charge in [0.15, 0.2) is 15.8 Å². The number of nitrogens with two attached hydrogens (primary N) is 2. The highest BCUT2D eigenvalue weighted by molar-refractivity contribution is 7.94. The summed E-state index contributed by atoms with van der Waals surface area (Å²) in [7, 11) is -3.86. The number of carbonyl (C=O) groups is 1. The number of halogens is 3. The van der Waals surface area contributed by atoms with Crippen molar-refractivity contribution in [2.45, 2.75) is 11.1 Å². The predicted molar refractivity (Wildman–Crippen MR) is 67.8 cm³/mol. The summed E-state index contributed by atoms with van der Waals surface area (Å²) in [5, 5.41) is 0.757. The van der Waals surface area contributed by atoms with E-state index in [1.165, 1.54) is 0 Å². The maximum Gasteiger partial charge on any atom is 0.417 e. The maximum absolute atomic E-state index is 13.0. The SMILES string of the molecule is NC(N)=NC(=O)c1cc2c(cc1C(F)(F)F)C=CS2(=O)=O. The third-order valence-electron chi connectivity index (χ3n) is 2.65. The monoisotopic (exact) mass is 319 g/mol. The number of aliphatic imine (C=N–C) groups is 1. The Hall–Kier alpha value is -2.36. The average Bonchev–Trinajstić information content (AvgIpc) is 2.62. The third kappa shape index (κ3) is 2.75. The van der Waals surface area contributed by atoms with Gasteiger partial charge in [-0.15, -0.1) is 0 Å². The Morgan fingerprint density at radius 1 is 1.19 bits per heavy atom. The third-order valence-corrected chi connectivity index (χ3v) is 4.11. The first-order valence-electron chi connectivity index (χ1n) is 5.35. The van der Waals surface area contributed by atoms with Gasteiger partial charge in [-0.1, -0.05) is 0 Å². The summed E-state index contributed by atoms with van der Waals surface area (Å²) < 4.78 is 62.2. The second-order valence-corrected chi connectivity index (χ2v) is 5.92. The van der Waals surface area contributed by atoms with Crippen LogP contribution in [0, 0.1) is 0 Å². The van der Waals surface area contributed by atoms with Crippen molar-refractivity contribution in [3.63, 3.8) is 0 Å². The predicted octanol–water partition coefficient (Wildman–Crippen LogP) is 0.877. The zero-order valence-electron chi connectivity index (χ0n) is 10.2. The van der Waals surface area contributed by atoms with Crippen molar-refractivity contribution in [3.8, 4) is 0 Å². The lowest BCUT2D eigenvalue weighted by molar-refractivity contribution is -0.138. The zero-order chi connectivity index (χ0) is 16.0. The van der Waals surface area contributed by atoms with Crippen molar-refractivity contribution in [1.29, 1.82) is 0 Å². The van der Waals surface area contributed by atoms with Crippen LogP contribution in [0.2, 0.25) is 0 Å². The molecule has 0 aromatic heterocycles. The summed E-state index contributed by atoms with van der Waals surface area (Å²) in [5.74, 6) is -2.10. The van der Waals surface area contributed by atoms with Crippen molar-refractivity contribution in [2.24, 2.45) is 16.5 Å². The van der Waals surface area contributed by atoms with Gasteiger partial charge in [-0.05, 0) is 23.8 Å². The molecule has 0 bridgehead atoms. The van der Waals surface area contributed by atoms with E-state index >= 15 is 0 Å². The molecule has 1 aromatic carbocycles. The number of nitrogens with zero attached hydrogens (tertiary/aromatic N) is 1. The van der Waals surface area contributed by atoms with Gasteiger partial charge in [-0.3, -0.25) is 4.79 Å². The number of rotatable bonds is 1. The summed E-state index contributed by atoms with van der Waals surface area (Å²) >= 11 is 0. The van der Waals surface area contributed by atoms with E-state index in [0.29, 0.717) is 12.1 Å². The number of carbonyl (C=O) groups excluding carboxylic acids is 1. The van der Waals surface area contributed by atoms with E-state index in [4.69, 9.17) is 11.5 Å². The lowest BCUT2D eigenvalue weighted by atomic mass is 10.0. The van der Waals surface area contributed by atoms with Crippen molar-refractivity contribution in [1.82, 2.24) is 0 Å². The Morgan fingerprint density at radius 2 is 1.81 bits per heavy atom. The molecule has 10 heteroatoms. The Kier molecular flexibility index (Phi) is 3.28. The Balaban J connectivity index is 2.75. The number of guanidine groups is 1. The molecule has 4 N–H and O–H groups in total. The van der Waals surface area contributed by atoms with Crippen LogP contribution in [0.5, 0.6) is 0 Å². The van der Waals surface area contributed by atoms with Crippen LogP contribution in [-0.2, 0) is 16.0 Å².